The minimum Gasteiger partial charge on any atom is -0.391 e. The number of benzene rings is 1. The Balaban J connectivity index is 2.36. The van der Waals surface area contributed by atoms with Crippen molar-refractivity contribution in [2.24, 2.45) is 0 Å². The van der Waals surface area contributed by atoms with Crippen LogP contribution in [-0.4, -0.2) is 40.0 Å². The smallest absolute Gasteiger partial charge is 0.300 e. The van der Waals surface area contributed by atoms with Crippen LogP contribution in [0.5, 0.6) is 0 Å². The Kier molecular flexibility index (Phi) is 3.49. The molecule has 1 aromatic carbocycles. The van der Waals surface area contributed by atoms with Crippen molar-refractivity contribution >= 4 is 23.2 Å². The summed E-state index contributed by atoms with van der Waals surface area (Å²) in [6.45, 7) is 0.589. The van der Waals surface area contributed by atoms with Crippen LogP contribution >= 0.6 is 11.6 Å². The lowest BCUT2D eigenvalue weighted by atomic mass is 10.1. The van der Waals surface area contributed by atoms with Gasteiger partial charge in [0.1, 0.15) is 10.6 Å². The highest BCUT2D eigenvalue weighted by Gasteiger charge is 2.31. The van der Waals surface area contributed by atoms with Crippen LogP contribution in [0.3, 0.4) is 0 Å². The molecule has 0 aromatic heterocycles. The van der Waals surface area contributed by atoms with E-state index in [0.717, 1.165) is 0 Å². The molecule has 1 aliphatic heterocycles. The van der Waals surface area contributed by atoms with Gasteiger partial charge in [-0.05, 0) is 18.6 Å². The molecular formula is C11H11ClN2O4. The van der Waals surface area contributed by atoms with Gasteiger partial charge in [0, 0.05) is 13.1 Å². The Bertz CT molecular complexity index is 506. The summed E-state index contributed by atoms with van der Waals surface area (Å²) >= 11 is 5.74. The van der Waals surface area contributed by atoms with Gasteiger partial charge in [0.05, 0.1) is 11.0 Å². The maximum Gasteiger partial charge on any atom is 0.300 e. The van der Waals surface area contributed by atoms with Crippen molar-refractivity contribution in [3.63, 3.8) is 0 Å². The van der Waals surface area contributed by atoms with Crippen molar-refractivity contribution in [3.05, 3.63) is 38.9 Å². The molecule has 0 aliphatic carbocycles. The lowest BCUT2D eigenvalue weighted by Crippen LogP contribution is -2.30. The number of nitro groups is 1. The Morgan fingerprint density at radius 2 is 2.28 bits per heavy atom. The van der Waals surface area contributed by atoms with Gasteiger partial charge in [-0.3, -0.25) is 14.9 Å². The van der Waals surface area contributed by atoms with E-state index in [1.807, 2.05) is 0 Å². The molecule has 7 heteroatoms. The Morgan fingerprint density at radius 1 is 1.56 bits per heavy atom. The van der Waals surface area contributed by atoms with Crippen molar-refractivity contribution in [2.45, 2.75) is 12.5 Å². The van der Waals surface area contributed by atoms with Crippen LogP contribution in [0.25, 0.3) is 0 Å². The SMILES string of the molecule is O=C(c1cccc(Cl)c1[N+](=O)[O-])N1CCC(O)C1. The maximum atomic E-state index is 12.1. The fourth-order valence-corrected chi connectivity index (χ4v) is 2.21. The molecule has 18 heavy (non-hydrogen) atoms. The van der Waals surface area contributed by atoms with E-state index < -0.39 is 16.9 Å². The first-order chi connectivity index (χ1) is 8.50. The molecule has 6 nitrogen and oxygen atoms in total. The molecule has 1 N–H and O–H groups in total. The highest BCUT2D eigenvalue weighted by atomic mass is 35.5. The second kappa shape index (κ2) is 4.91. The highest BCUT2D eigenvalue weighted by Crippen LogP contribution is 2.29. The van der Waals surface area contributed by atoms with Gasteiger partial charge in [0.25, 0.3) is 5.91 Å². The summed E-state index contributed by atoms with van der Waals surface area (Å²) in [6.07, 6.45) is -0.0766. The third-order valence-corrected chi connectivity index (χ3v) is 3.16. The quantitative estimate of drug-likeness (QED) is 0.651. The van der Waals surface area contributed by atoms with E-state index in [1.54, 1.807) is 0 Å². The van der Waals surface area contributed by atoms with E-state index >= 15 is 0 Å². The number of rotatable bonds is 2. The van der Waals surface area contributed by atoms with Crippen LogP contribution in [0.2, 0.25) is 5.02 Å². The topological polar surface area (TPSA) is 83.7 Å². The maximum absolute atomic E-state index is 12.1. The summed E-state index contributed by atoms with van der Waals surface area (Å²) in [5, 5.41) is 20.2. The molecule has 1 unspecified atom stereocenters. The zero-order valence-electron chi connectivity index (χ0n) is 9.38. The molecule has 1 aromatic rings. The molecule has 0 spiro atoms. The van der Waals surface area contributed by atoms with E-state index in [2.05, 4.69) is 0 Å². The number of β-amino-alcohol motifs (C(OH)–C–C–N with tert-alkyl or cyclic N) is 1. The molecule has 1 atom stereocenters. The number of halogens is 1. The number of nitrogens with zero attached hydrogens (tertiary/aromatic N) is 2. The average molecular weight is 271 g/mol. The number of carbonyl (C=O) groups excluding carboxylic acids is 1. The van der Waals surface area contributed by atoms with Crippen LogP contribution < -0.4 is 0 Å². The number of hydrogen-bond acceptors (Lipinski definition) is 4. The zero-order valence-corrected chi connectivity index (χ0v) is 10.1. The number of aliphatic hydroxyl groups is 1. The molecule has 1 heterocycles. The number of nitro benzene ring substituents is 1. The summed E-state index contributed by atoms with van der Waals surface area (Å²) in [5.74, 6) is -0.472. The highest BCUT2D eigenvalue weighted by molar-refractivity contribution is 6.33. The van der Waals surface area contributed by atoms with Gasteiger partial charge >= 0.3 is 5.69 Å². The largest absolute Gasteiger partial charge is 0.391 e. The minimum absolute atomic E-state index is 0.0402. The van der Waals surface area contributed by atoms with E-state index in [4.69, 9.17) is 11.6 Å². The zero-order chi connectivity index (χ0) is 13.3. The fraction of sp³-hybridized carbons (Fsp3) is 0.364. The number of likely N-dealkylation sites (tertiary alicyclic amines) is 1. The number of hydrogen-bond donors (Lipinski definition) is 1. The third-order valence-electron chi connectivity index (χ3n) is 2.85. The summed E-state index contributed by atoms with van der Waals surface area (Å²) in [7, 11) is 0. The number of aliphatic hydroxyl groups excluding tert-OH is 1. The first-order valence-corrected chi connectivity index (χ1v) is 5.78. The van der Waals surface area contributed by atoms with Crippen molar-refractivity contribution in [1.82, 2.24) is 4.90 Å². The molecular weight excluding hydrogens is 260 g/mol. The van der Waals surface area contributed by atoms with E-state index in [0.29, 0.717) is 13.0 Å². The predicted octanol–water partition coefficient (Wildman–Crippen LogP) is 1.46. The van der Waals surface area contributed by atoms with Crippen LogP contribution in [0.1, 0.15) is 16.8 Å². The number of carbonyl (C=O) groups is 1. The summed E-state index contributed by atoms with van der Waals surface area (Å²) < 4.78 is 0. The van der Waals surface area contributed by atoms with Gasteiger partial charge in [0.2, 0.25) is 0 Å². The number of para-hydroxylation sites is 1. The third kappa shape index (κ3) is 2.30. The van der Waals surface area contributed by atoms with Crippen molar-refractivity contribution in [1.29, 1.82) is 0 Å². The molecule has 0 bridgehead atoms. The van der Waals surface area contributed by atoms with Crippen molar-refractivity contribution < 1.29 is 14.8 Å². The van der Waals surface area contributed by atoms with Gasteiger partial charge in [-0.2, -0.15) is 0 Å². The van der Waals surface area contributed by atoms with Crippen LogP contribution in [0.4, 0.5) is 5.69 Å². The molecule has 1 amide bonds. The summed E-state index contributed by atoms with van der Waals surface area (Å²) in [5.41, 5.74) is -0.424. The van der Waals surface area contributed by atoms with Gasteiger partial charge < -0.3 is 10.0 Å². The molecule has 2 rings (SSSR count). The van der Waals surface area contributed by atoms with Crippen molar-refractivity contribution in [2.75, 3.05) is 13.1 Å². The Hall–Kier alpha value is -1.66. The van der Waals surface area contributed by atoms with Crippen LogP contribution in [0, 0.1) is 10.1 Å². The summed E-state index contributed by atoms with van der Waals surface area (Å²) in [6, 6.07) is 4.24. The minimum atomic E-state index is -0.665. The molecule has 96 valence electrons. The Labute approximate surface area is 108 Å². The molecule has 1 fully saturated rings. The van der Waals surface area contributed by atoms with E-state index in [9.17, 15) is 20.0 Å². The van der Waals surface area contributed by atoms with Gasteiger partial charge in [0.15, 0.2) is 0 Å². The number of amides is 1. The standard InChI is InChI=1S/C11H11ClN2O4/c12-9-3-1-2-8(10(9)14(17)18)11(16)13-5-4-7(15)6-13/h1-3,7,15H,4-6H2. The molecule has 1 aliphatic rings. The first-order valence-electron chi connectivity index (χ1n) is 5.41. The Morgan fingerprint density at radius 3 is 2.83 bits per heavy atom. The average Bonchev–Trinajstić information content (AvgIpc) is 2.74. The van der Waals surface area contributed by atoms with Crippen LogP contribution in [-0.2, 0) is 0 Å². The monoisotopic (exact) mass is 270 g/mol. The lowest BCUT2D eigenvalue weighted by Gasteiger charge is -2.15. The normalized spacial score (nSPS) is 19.0. The van der Waals surface area contributed by atoms with E-state index in [1.165, 1.54) is 23.1 Å². The molecule has 0 saturated carbocycles. The van der Waals surface area contributed by atoms with Gasteiger partial charge in [-0.15, -0.1) is 0 Å². The van der Waals surface area contributed by atoms with Gasteiger partial charge in [-0.1, -0.05) is 17.7 Å². The second-order valence-electron chi connectivity index (χ2n) is 4.09. The van der Waals surface area contributed by atoms with Crippen LogP contribution in [0.15, 0.2) is 18.2 Å². The predicted molar refractivity (Wildman–Crippen MR) is 64.6 cm³/mol. The first kappa shape index (κ1) is 12.8. The fourth-order valence-electron chi connectivity index (χ4n) is 1.97. The lowest BCUT2D eigenvalue weighted by molar-refractivity contribution is -0.385. The second-order valence-corrected chi connectivity index (χ2v) is 4.49. The molecule has 1 saturated heterocycles. The van der Waals surface area contributed by atoms with Gasteiger partial charge in [-0.25, -0.2) is 0 Å². The van der Waals surface area contributed by atoms with Crippen molar-refractivity contribution in [3.8, 4) is 0 Å². The van der Waals surface area contributed by atoms with E-state index in [-0.39, 0.29) is 22.8 Å². The summed E-state index contributed by atoms with van der Waals surface area (Å²) in [4.78, 5) is 23.8. The molecule has 0 radical (unpaired) electrons.